The Morgan fingerprint density at radius 3 is 3.00 bits per heavy atom. The first-order chi connectivity index (χ1) is 16.7. The van der Waals surface area contributed by atoms with Gasteiger partial charge < -0.3 is 10.2 Å². The van der Waals surface area contributed by atoms with Gasteiger partial charge >= 0.3 is 0 Å². The van der Waals surface area contributed by atoms with Crippen LogP contribution in [0.5, 0.6) is 0 Å². The van der Waals surface area contributed by atoms with Gasteiger partial charge in [0.05, 0.1) is 17.1 Å². The summed E-state index contributed by atoms with van der Waals surface area (Å²) in [7, 11) is 1.88. The van der Waals surface area contributed by atoms with Gasteiger partial charge in [-0.1, -0.05) is 0 Å². The van der Waals surface area contributed by atoms with Gasteiger partial charge in [0.25, 0.3) is 0 Å². The molecule has 1 aliphatic carbocycles. The highest BCUT2D eigenvalue weighted by Gasteiger charge is 2.30. The van der Waals surface area contributed by atoms with Crippen LogP contribution in [0.25, 0.3) is 21.1 Å². The van der Waals surface area contributed by atoms with Crippen molar-refractivity contribution >= 4 is 49.9 Å². The van der Waals surface area contributed by atoms with E-state index >= 15 is 0 Å². The Balaban J connectivity index is 1.25. The van der Waals surface area contributed by atoms with Crippen molar-refractivity contribution < 1.29 is 4.79 Å². The number of hydrogen-bond donors (Lipinski definition) is 2. The number of fused-ring (bicyclic) bond motifs is 4. The summed E-state index contributed by atoms with van der Waals surface area (Å²) in [5.74, 6) is 0.989. The van der Waals surface area contributed by atoms with E-state index in [1.54, 1.807) is 30.1 Å². The molecule has 1 atom stereocenters. The number of nitrogens with zero attached hydrogens (tertiary/aromatic N) is 5. The van der Waals surface area contributed by atoms with Gasteiger partial charge in [0.15, 0.2) is 0 Å². The average molecular weight is 470 g/mol. The largest absolute Gasteiger partial charge is 0.341 e. The van der Waals surface area contributed by atoms with Crippen LogP contribution in [0.2, 0.25) is 0 Å². The van der Waals surface area contributed by atoms with E-state index in [1.807, 2.05) is 42.4 Å². The number of carbonyl (C=O) groups is 1. The van der Waals surface area contributed by atoms with Crippen LogP contribution in [-0.4, -0.2) is 43.0 Å². The molecule has 0 fully saturated rings. The molecule has 0 radical (unpaired) electrons. The van der Waals surface area contributed by atoms with Gasteiger partial charge in [-0.25, -0.2) is 9.97 Å². The Morgan fingerprint density at radius 2 is 2.12 bits per heavy atom. The lowest BCUT2D eigenvalue weighted by atomic mass is 9.87. The first kappa shape index (κ1) is 20.7. The molecule has 2 N–H and O–H groups in total. The third kappa shape index (κ3) is 3.77. The zero-order valence-corrected chi connectivity index (χ0v) is 19.5. The van der Waals surface area contributed by atoms with Crippen LogP contribution in [0.3, 0.4) is 0 Å². The smallest absolute Gasteiger partial charge is 0.226 e. The fourth-order valence-electron chi connectivity index (χ4n) is 4.72. The molecule has 0 saturated heterocycles. The Hall–Kier alpha value is -3.85. The van der Waals surface area contributed by atoms with Crippen molar-refractivity contribution in [2.45, 2.75) is 25.8 Å². The molecule has 170 valence electrons. The number of anilines is 2. The molecule has 0 spiro atoms. The second-order valence-corrected chi connectivity index (χ2v) is 9.78. The fraction of sp³-hybridized carbons (Fsp3) is 0.240. The fourth-order valence-corrected chi connectivity index (χ4v) is 5.99. The summed E-state index contributed by atoms with van der Waals surface area (Å²) in [6.07, 6.45) is 9.36. The van der Waals surface area contributed by atoms with Crippen molar-refractivity contribution in [3.05, 3.63) is 71.3 Å². The lowest BCUT2D eigenvalue weighted by Gasteiger charge is -2.27. The van der Waals surface area contributed by atoms with Gasteiger partial charge in [0.2, 0.25) is 5.91 Å². The number of thiophene rings is 1. The minimum atomic E-state index is -0.0136. The quantitative estimate of drug-likeness (QED) is 0.394. The molecular weight excluding hydrogens is 446 g/mol. The summed E-state index contributed by atoms with van der Waals surface area (Å²) in [6, 6.07) is 9.98. The van der Waals surface area contributed by atoms with Gasteiger partial charge in [0.1, 0.15) is 17.0 Å². The van der Waals surface area contributed by atoms with Crippen LogP contribution in [0, 0.1) is 5.92 Å². The highest BCUT2D eigenvalue weighted by Crippen LogP contribution is 2.41. The van der Waals surface area contributed by atoms with E-state index in [1.165, 1.54) is 10.4 Å². The lowest BCUT2D eigenvalue weighted by molar-refractivity contribution is -0.135. The van der Waals surface area contributed by atoms with Crippen LogP contribution in [0.1, 0.15) is 22.4 Å². The van der Waals surface area contributed by atoms with Gasteiger partial charge in [-0.15, -0.1) is 11.3 Å². The number of benzene rings is 1. The summed E-state index contributed by atoms with van der Waals surface area (Å²) in [6.45, 7) is 0.595. The first-order valence-electron chi connectivity index (χ1n) is 11.2. The molecule has 8 nitrogen and oxygen atoms in total. The van der Waals surface area contributed by atoms with Crippen molar-refractivity contribution in [2.24, 2.45) is 5.92 Å². The Morgan fingerprint density at radius 1 is 1.24 bits per heavy atom. The maximum atomic E-state index is 13.2. The molecule has 4 heterocycles. The van der Waals surface area contributed by atoms with Crippen LogP contribution in [0.15, 0.2) is 55.2 Å². The first-order valence-corrected chi connectivity index (χ1v) is 12.1. The van der Waals surface area contributed by atoms with Crippen molar-refractivity contribution in [3.8, 4) is 0 Å². The second-order valence-electron chi connectivity index (χ2n) is 8.69. The number of H-pyrrole nitrogens is 1. The van der Waals surface area contributed by atoms with E-state index < -0.39 is 0 Å². The van der Waals surface area contributed by atoms with E-state index in [4.69, 9.17) is 0 Å². The topological polar surface area (TPSA) is 99.7 Å². The highest BCUT2D eigenvalue weighted by atomic mass is 32.1. The van der Waals surface area contributed by atoms with Crippen molar-refractivity contribution in [1.82, 2.24) is 30.0 Å². The van der Waals surface area contributed by atoms with Gasteiger partial charge in [-0.05, 0) is 60.7 Å². The molecular formula is C25H23N7OS. The number of rotatable bonds is 5. The van der Waals surface area contributed by atoms with Crippen molar-refractivity contribution in [2.75, 3.05) is 12.4 Å². The minimum absolute atomic E-state index is 0.0136. The number of aryl methyl sites for hydroxylation is 1. The molecule has 4 aromatic heterocycles. The van der Waals surface area contributed by atoms with E-state index in [9.17, 15) is 4.79 Å². The third-order valence-electron chi connectivity index (χ3n) is 6.44. The maximum Gasteiger partial charge on any atom is 0.226 e. The molecule has 5 aromatic rings. The van der Waals surface area contributed by atoms with Crippen LogP contribution < -0.4 is 5.32 Å². The molecule has 0 saturated carbocycles. The monoisotopic (exact) mass is 469 g/mol. The number of hydrogen-bond acceptors (Lipinski definition) is 7. The predicted octanol–water partition coefficient (Wildman–Crippen LogP) is 4.47. The zero-order valence-electron chi connectivity index (χ0n) is 18.7. The SMILES string of the molecule is CN(Cc1ccncc1)C(=O)C1CCc2c(sc3ncnc(Nc4ccc5[nH]ncc5c4)c23)C1. The number of amides is 1. The standard InChI is InChI=1S/C25H23N7OS/c1-32(13-15-6-8-26-9-7-15)25(33)16-2-4-19-21(11-16)34-24-22(19)23(27-14-28-24)30-18-3-5-20-17(10-18)12-29-31-20/h3,5-10,12,14,16H,2,4,11,13H2,1H3,(H,29,31)(H,27,28,30). The molecule has 1 aliphatic rings. The maximum absolute atomic E-state index is 13.2. The predicted molar refractivity (Wildman–Crippen MR) is 133 cm³/mol. The van der Waals surface area contributed by atoms with Crippen LogP contribution >= 0.6 is 11.3 Å². The molecule has 9 heteroatoms. The normalized spacial score (nSPS) is 15.4. The van der Waals surface area contributed by atoms with Crippen molar-refractivity contribution in [3.63, 3.8) is 0 Å². The molecule has 1 unspecified atom stereocenters. The summed E-state index contributed by atoms with van der Waals surface area (Å²) in [4.78, 5) is 30.4. The molecule has 1 aromatic carbocycles. The lowest BCUT2D eigenvalue weighted by Crippen LogP contribution is -2.35. The minimum Gasteiger partial charge on any atom is -0.341 e. The molecule has 0 bridgehead atoms. The number of aromatic amines is 1. The third-order valence-corrected chi connectivity index (χ3v) is 7.61. The zero-order chi connectivity index (χ0) is 23.1. The van der Waals surface area contributed by atoms with Gasteiger partial charge in [-0.3, -0.25) is 14.9 Å². The molecule has 1 amide bonds. The summed E-state index contributed by atoms with van der Waals surface area (Å²) >= 11 is 1.68. The van der Waals surface area contributed by atoms with E-state index in [-0.39, 0.29) is 11.8 Å². The Labute approximate surface area is 200 Å². The van der Waals surface area contributed by atoms with E-state index in [0.717, 1.165) is 57.5 Å². The van der Waals surface area contributed by atoms with E-state index in [2.05, 4.69) is 36.5 Å². The number of nitrogens with one attached hydrogen (secondary N) is 2. The Kier molecular flexibility index (Phi) is 5.18. The second kappa shape index (κ2) is 8.49. The molecule has 0 aliphatic heterocycles. The van der Waals surface area contributed by atoms with E-state index in [0.29, 0.717) is 6.54 Å². The highest BCUT2D eigenvalue weighted by molar-refractivity contribution is 7.19. The van der Waals surface area contributed by atoms with Crippen molar-refractivity contribution in [1.29, 1.82) is 0 Å². The van der Waals surface area contributed by atoms with Gasteiger partial charge in [-0.2, -0.15) is 5.10 Å². The van der Waals surface area contributed by atoms with Gasteiger partial charge in [0, 0.05) is 47.9 Å². The molecule has 34 heavy (non-hydrogen) atoms. The summed E-state index contributed by atoms with van der Waals surface area (Å²) in [5.41, 5.74) is 4.31. The number of aromatic nitrogens is 5. The average Bonchev–Trinajstić information content (AvgIpc) is 3.48. The number of pyridine rings is 1. The van der Waals surface area contributed by atoms with Crippen LogP contribution in [-0.2, 0) is 24.2 Å². The van der Waals surface area contributed by atoms with Crippen LogP contribution in [0.4, 0.5) is 11.5 Å². The molecule has 6 rings (SSSR count). The number of carbonyl (C=O) groups excluding carboxylic acids is 1. The summed E-state index contributed by atoms with van der Waals surface area (Å²) < 4.78 is 0. The summed E-state index contributed by atoms with van der Waals surface area (Å²) in [5, 5.41) is 12.7. The Bertz CT molecular complexity index is 1490.